The summed E-state index contributed by atoms with van der Waals surface area (Å²) in [5, 5.41) is 10.3. The zero-order chi connectivity index (χ0) is 18.4. The van der Waals surface area contributed by atoms with Crippen molar-refractivity contribution in [1.82, 2.24) is 24.5 Å². The lowest BCUT2D eigenvalue weighted by molar-refractivity contribution is 0.404. The third-order valence-corrected chi connectivity index (χ3v) is 5.23. The molecule has 8 nitrogen and oxygen atoms in total. The van der Waals surface area contributed by atoms with E-state index >= 15 is 0 Å². The molecule has 4 aromatic heterocycles. The minimum absolute atomic E-state index is 0.00551. The molecule has 5 rings (SSSR count). The third-order valence-electron chi connectivity index (χ3n) is 5.23. The van der Waals surface area contributed by atoms with Gasteiger partial charge >= 0.3 is 5.69 Å². The predicted molar refractivity (Wildman–Crippen MR) is 102 cm³/mol. The minimum Gasteiger partial charge on any atom is -0.353 e. The van der Waals surface area contributed by atoms with Gasteiger partial charge < -0.3 is 14.9 Å². The second kappa shape index (κ2) is 5.99. The van der Waals surface area contributed by atoms with Gasteiger partial charge in [0.05, 0.1) is 28.8 Å². The molecule has 1 atom stereocenters. The van der Waals surface area contributed by atoms with Crippen LogP contribution >= 0.6 is 0 Å². The van der Waals surface area contributed by atoms with E-state index in [-0.39, 0.29) is 11.7 Å². The summed E-state index contributed by atoms with van der Waals surface area (Å²) in [6, 6.07) is 7.70. The van der Waals surface area contributed by atoms with Crippen molar-refractivity contribution in [3.05, 3.63) is 52.8 Å². The quantitative estimate of drug-likeness (QED) is 0.571. The summed E-state index contributed by atoms with van der Waals surface area (Å²) in [6.07, 6.45) is 7.05. The van der Waals surface area contributed by atoms with E-state index in [1.165, 1.54) is 0 Å². The smallest absolute Gasteiger partial charge is 0.326 e. The molecule has 1 saturated heterocycles. The number of nitrogens with zero attached hydrogens (tertiary/aromatic N) is 5. The van der Waals surface area contributed by atoms with Gasteiger partial charge in [0, 0.05) is 30.9 Å². The van der Waals surface area contributed by atoms with Gasteiger partial charge in [0.2, 0.25) is 0 Å². The molecule has 5 heterocycles. The van der Waals surface area contributed by atoms with Crippen molar-refractivity contribution in [1.29, 1.82) is 5.26 Å². The van der Waals surface area contributed by atoms with Crippen molar-refractivity contribution in [2.24, 2.45) is 0 Å². The Balaban J connectivity index is 1.61. The average Bonchev–Trinajstić information content (AvgIpc) is 3.31. The van der Waals surface area contributed by atoms with Crippen LogP contribution in [0.1, 0.15) is 24.4 Å². The first-order valence-electron chi connectivity index (χ1n) is 8.92. The zero-order valence-electron chi connectivity index (χ0n) is 14.5. The molecule has 1 fully saturated rings. The molecule has 0 aliphatic carbocycles. The number of anilines is 1. The number of nitrogens with one attached hydrogen (secondary N) is 2. The number of H-pyrrole nitrogens is 2. The molecule has 134 valence electrons. The first-order valence-corrected chi connectivity index (χ1v) is 8.92. The minimum atomic E-state index is -0.131. The summed E-state index contributed by atoms with van der Waals surface area (Å²) in [7, 11) is 0. The van der Waals surface area contributed by atoms with Gasteiger partial charge in [-0.25, -0.2) is 14.8 Å². The highest BCUT2D eigenvalue weighted by atomic mass is 16.1. The van der Waals surface area contributed by atoms with Crippen LogP contribution in [0.4, 0.5) is 5.82 Å². The highest BCUT2D eigenvalue weighted by Gasteiger charge is 2.27. The standard InChI is InChI=1S/C19H17N7O/c20-9-12-3-1-6-22-18(12)25-8-2-4-13(11-25)26-16-14-5-7-21-17(14)23-10-15(16)24-19(26)27/h1,3,5-7,10,13H,2,4,8,11H2,(H,21,23)(H,24,27)/t13-/m1/s1. The van der Waals surface area contributed by atoms with Crippen molar-refractivity contribution in [2.45, 2.75) is 18.9 Å². The van der Waals surface area contributed by atoms with Crippen molar-refractivity contribution < 1.29 is 0 Å². The fourth-order valence-corrected chi connectivity index (χ4v) is 4.06. The molecule has 0 unspecified atom stereocenters. The van der Waals surface area contributed by atoms with Crippen LogP contribution in [0.3, 0.4) is 0 Å². The number of pyridine rings is 2. The van der Waals surface area contributed by atoms with E-state index in [0.717, 1.165) is 41.5 Å². The Labute approximate surface area is 154 Å². The van der Waals surface area contributed by atoms with E-state index in [2.05, 4.69) is 30.9 Å². The van der Waals surface area contributed by atoms with Gasteiger partial charge in [0.25, 0.3) is 0 Å². The fourth-order valence-electron chi connectivity index (χ4n) is 4.06. The number of aromatic amines is 2. The summed E-state index contributed by atoms with van der Waals surface area (Å²) >= 11 is 0. The number of fused-ring (bicyclic) bond motifs is 3. The Morgan fingerprint density at radius 1 is 1.30 bits per heavy atom. The molecule has 0 bridgehead atoms. The molecule has 0 radical (unpaired) electrons. The van der Waals surface area contributed by atoms with Gasteiger partial charge in [-0.15, -0.1) is 0 Å². The summed E-state index contributed by atoms with van der Waals surface area (Å²) in [6.45, 7) is 1.45. The maximum absolute atomic E-state index is 12.8. The highest BCUT2D eigenvalue weighted by molar-refractivity contribution is 6.00. The third kappa shape index (κ3) is 2.39. The monoisotopic (exact) mass is 359 g/mol. The maximum atomic E-state index is 12.8. The molecule has 8 heteroatoms. The van der Waals surface area contributed by atoms with E-state index in [9.17, 15) is 10.1 Å². The van der Waals surface area contributed by atoms with Gasteiger partial charge in [-0.2, -0.15) is 5.26 Å². The van der Waals surface area contributed by atoms with Crippen LogP contribution in [0.25, 0.3) is 22.1 Å². The highest BCUT2D eigenvalue weighted by Crippen LogP contribution is 2.30. The SMILES string of the molecule is N#Cc1cccnc1N1CCC[C@@H](n2c(=O)[nH]c3cnc4[nH]ccc4c32)C1. The lowest BCUT2D eigenvalue weighted by atomic mass is 10.0. The van der Waals surface area contributed by atoms with E-state index in [1.807, 2.05) is 16.8 Å². The van der Waals surface area contributed by atoms with Gasteiger partial charge in [0.15, 0.2) is 0 Å². The van der Waals surface area contributed by atoms with E-state index in [1.54, 1.807) is 24.5 Å². The normalized spacial score (nSPS) is 17.4. The topological polar surface area (TPSA) is 106 Å². The Morgan fingerprint density at radius 3 is 3.11 bits per heavy atom. The van der Waals surface area contributed by atoms with Gasteiger partial charge in [-0.05, 0) is 31.0 Å². The molecule has 0 aromatic carbocycles. The van der Waals surface area contributed by atoms with Gasteiger partial charge in [-0.3, -0.25) is 4.57 Å². The fraction of sp³-hybridized carbons (Fsp3) is 0.263. The Kier molecular flexibility index (Phi) is 3.47. The van der Waals surface area contributed by atoms with Crippen LogP contribution < -0.4 is 10.6 Å². The molecule has 0 amide bonds. The lowest BCUT2D eigenvalue weighted by Gasteiger charge is -2.34. The Morgan fingerprint density at radius 2 is 2.22 bits per heavy atom. The number of aromatic nitrogens is 5. The first-order chi connectivity index (χ1) is 13.3. The van der Waals surface area contributed by atoms with Crippen molar-refractivity contribution >= 4 is 27.9 Å². The summed E-state index contributed by atoms with van der Waals surface area (Å²) in [5.74, 6) is 0.686. The molecule has 1 aliphatic rings. The molecule has 27 heavy (non-hydrogen) atoms. The number of hydrogen-bond donors (Lipinski definition) is 2. The summed E-state index contributed by atoms with van der Waals surface area (Å²) < 4.78 is 1.84. The van der Waals surface area contributed by atoms with Crippen molar-refractivity contribution in [3.63, 3.8) is 0 Å². The first kappa shape index (κ1) is 15.6. The van der Waals surface area contributed by atoms with Crippen LogP contribution in [0.5, 0.6) is 0 Å². The average molecular weight is 359 g/mol. The molecule has 0 saturated carbocycles. The predicted octanol–water partition coefficient (Wildman–Crippen LogP) is 2.31. The summed E-state index contributed by atoms with van der Waals surface area (Å²) in [5.41, 5.74) is 2.80. The number of rotatable bonds is 2. The second-order valence-corrected chi connectivity index (χ2v) is 6.79. The Hall–Kier alpha value is -3.60. The lowest BCUT2D eigenvalue weighted by Crippen LogP contribution is -2.40. The second-order valence-electron chi connectivity index (χ2n) is 6.79. The van der Waals surface area contributed by atoms with Crippen LogP contribution in [0.2, 0.25) is 0 Å². The van der Waals surface area contributed by atoms with Gasteiger partial charge in [-0.1, -0.05) is 0 Å². The molecule has 2 N–H and O–H groups in total. The number of hydrogen-bond acceptors (Lipinski definition) is 5. The van der Waals surface area contributed by atoms with Crippen molar-refractivity contribution in [2.75, 3.05) is 18.0 Å². The Bertz CT molecular complexity index is 1240. The molecule has 0 spiro atoms. The van der Waals surface area contributed by atoms with Crippen LogP contribution in [-0.4, -0.2) is 37.6 Å². The van der Waals surface area contributed by atoms with Crippen molar-refractivity contribution in [3.8, 4) is 6.07 Å². The maximum Gasteiger partial charge on any atom is 0.326 e. The van der Waals surface area contributed by atoms with E-state index in [0.29, 0.717) is 17.9 Å². The number of imidazole rings is 1. The van der Waals surface area contributed by atoms with Gasteiger partial charge in [0.1, 0.15) is 17.5 Å². The molecular formula is C19H17N7O. The van der Waals surface area contributed by atoms with E-state index in [4.69, 9.17) is 0 Å². The van der Waals surface area contributed by atoms with Crippen LogP contribution in [0.15, 0.2) is 41.6 Å². The van der Waals surface area contributed by atoms with Crippen LogP contribution in [0, 0.1) is 11.3 Å². The zero-order valence-corrected chi connectivity index (χ0v) is 14.5. The van der Waals surface area contributed by atoms with E-state index < -0.39 is 0 Å². The number of piperidine rings is 1. The number of nitriles is 1. The molecular weight excluding hydrogens is 342 g/mol. The molecule has 4 aromatic rings. The van der Waals surface area contributed by atoms with Crippen LogP contribution in [-0.2, 0) is 0 Å². The summed E-state index contributed by atoms with van der Waals surface area (Å²) in [4.78, 5) is 29.7. The largest absolute Gasteiger partial charge is 0.353 e. The molecule has 1 aliphatic heterocycles.